The number of unbranched alkanes of at least 4 members (excludes halogenated alkanes) is 1. The molecule has 0 spiro atoms. The highest BCUT2D eigenvalue weighted by Crippen LogP contribution is 2.10. The second-order valence-electron chi connectivity index (χ2n) is 3.96. The zero-order valence-electron chi connectivity index (χ0n) is 11.4. The molecule has 4 nitrogen and oxygen atoms in total. The second-order valence-corrected chi connectivity index (χ2v) is 3.96. The largest absolute Gasteiger partial charge is 0.463 e. The zero-order valence-corrected chi connectivity index (χ0v) is 11.4. The number of hydrogen-bond donors (Lipinski definition) is 0. The van der Waals surface area contributed by atoms with Crippen LogP contribution in [0.1, 0.15) is 46.0 Å². The smallest absolute Gasteiger partial charge is 0.305 e. The van der Waals surface area contributed by atoms with Gasteiger partial charge in [-0.1, -0.05) is 19.8 Å². The molecule has 0 saturated heterocycles. The average Bonchev–Trinajstić information content (AvgIpc) is 2.35. The predicted octanol–water partition coefficient (Wildman–Crippen LogP) is 2.55. The highest BCUT2D eigenvalue weighted by molar-refractivity contribution is 5.69. The van der Waals surface area contributed by atoms with Gasteiger partial charge in [-0.3, -0.25) is 4.79 Å². The van der Waals surface area contributed by atoms with E-state index in [1.54, 1.807) is 7.11 Å². The fourth-order valence-corrected chi connectivity index (χ4v) is 1.52. The second kappa shape index (κ2) is 11.9. The molecular formula is C13H26O4. The molecule has 4 heteroatoms. The minimum atomic E-state index is -0.164. The molecule has 0 heterocycles. The van der Waals surface area contributed by atoms with E-state index in [1.807, 2.05) is 6.92 Å². The van der Waals surface area contributed by atoms with Gasteiger partial charge in [0.2, 0.25) is 0 Å². The Morgan fingerprint density at radius 2 is 1.94 bits per heavy atom. The number of esters is 1. The predicted molar refractivity (Wildman–Crippen MR) is 67.0 cm³/mol. The highest BCUT2D eigenvalue weighted by Gasteiger charge is 2.10. The number of ether oxygens (including phenoxy) is 3. The molecule has 0 aliphatic heterocycles. The molecule has 0 aromatic heterocycles. The Morgan fingerprint density at radius 3 is 2.53 bits per heavy atom. The minimum absolute atomic E-state index is 0.164. The van der Waals surface area contributed by atoms with Gasteiger partial charge in [-0.05, 0) is 19.8 Å². The Hall–Kier alpha value is -0.610. The van der Waals surface area contributed by atoms with E-state index >= 15 is 0 Å². The van der Waals surface area contributed by atoms with Gasteiger partial charge in [0.1, 0.15) is 6.61 Å². The van der Waals surface area contributed by atoms with E-state index in [0.29, 0.717) is 26.2 Å². The van der Waals surface area contributed by atoms with Crippen LogP contribution in [0.2, 0.25) is 0 Å². The average molecular weight is 246 g/mol. The highest BCUT2D eigenvalue weighted by atomic mass is 16.6. The third-order valence-corrected chi connectivity index (χ3v) is 2.58. The summed E-state index contributed by atoms with van der Waals surface area (Å²) >= 11 is 0. The molecule has 1 atom stereocenters. The van der Waals surface area contributed by atoms with Crippen LogP contribution in [0.5, 0.6) is 0 Å². The maximum Gasteiger partial charge on any atom is 0.305 e. The molecule has 1 unspecified atom stereocenters. The molecule has 0 aromatic carbocycles. The van der Waals surface area contributed by atoms with Gasteiger partial charge in [-0.25, -0.2) is 0 Å². The first kappa shape index (κ1) is 16.4. The van der Waals surface area contributed by atoms with Crippen molar-refractivity contribution < 1.29 is 19.0 Å². The number of carbonyl (C=O) groups is 1. The Kier molecular flexibility index (Phi) is 11.4. The van der Waals surface area contributed by atoms with Crippen molar-refractivity contribution in [3.63, 3.8) is 0 Å². The lowest BCUT2D eigenvalue weighted by atomic mass is 10.1. The van der Waals surface area contributed by atoms with Crippen molar-refractivity contribution in [1.82, 2.24) is 0 Å². The zero-order chi connectivity index (χ0) is 12.9. The summed E-state index contributed by atoms with van der Waals surface area (Å²) in [5.74, 6) is -0.164. The van der Waals surface area contributed by atoms with Crippen LogP contribution in [0.3, 0.4) is 0 Å². The number of methoxy groups -OCH3 is 1. The van der Waals surface area contributed by atoms with Crippen LogP contribution >= 0.6 is 0 Å². The summed E-state index contributed by atoms with van der Waals surface area (Å²) in [5.41, 5.74) is 0. The van der Waals surface area contributed by atoms with Crippen molar-refractivity contribution in [2.75, 3.05) is 26.9 Å². The van der Waals surface area contributed by atoms with E-state index in [1.165, 1.54) is 0 Å². The van der Waals surface area contributed by atoms with Crippen molar-refractivity contribution in [2.24, 2.45) is 0 Å². The van der Waals surface area contributed by atoms with Gasteiger partial charge in [0.15, 0.2) is 0 Å². The Balaban J connectivity index is 3.52. The van der Waals surface area contributed by atoms with Gasteiger partial charge >= 0.3 is 5.97 Å². The molecule has 17 heavy (non-hydrogen) atoms. The van der Waals surface area contributed by atoms with Crippen molar-refractivity contribution in [3.8, 4) is 0 Å². The number of hydrogen-bond acceptors (Lipinski definition) is 4. The molecule has 0 aliphatic rings. The van der Waals surface area contributed by atoms with Crippen LogP contribution in [-0.2, 0) is 19.0 Å². The van der Waals surface area contributed by atoms with Crippen LogP contribution in [0.4, 0.5) is 0 Å². The normalized spacial score (nSPS) is 12.4. The fourth-order valence-electron chi connectivity index (χ4n) is 1.52. The summed E-state index contributed by atoms with van der Waals surface area (Å²) in [5, 5.41) is 0. The Bertz CT molecular complexity index is 182. The third kappa shape index (κ3) is 10.3. The van der Waals surface area contributed by atoms with E-state index < -0.39 is 0 Å². The summed E-state index contributed by atoms with van der Waals surface area (Å²) in [7, 11) is 1.70. The maximum absolute atomic E-state index is 11.4. The van der Waals surface area contributed by atoms with E-state index in [-0.39, 0.29) is 12.1 Å². The first-order valence-electron chi connectivity index (χ1n) is 6.50. The molecule has 0 fully saturated rings. The monoisotopic (exact) mass is 246 g/mol. The van der Waals surface area contributed by atoms with Gasteiger partial charge < -0.3 is 14.2 Å². The molecule has 102 valence electrons. The van der Waals surface area contributed by atoms with Crippen LogP contribution in [0.15, 0.2) is 0 Å². The third-order valence-electron chi connectivity index (χ3n) is 2.58. The summed E-state index contributed by atoms with van der Waals surface area (Å²) in [6.45, 7) is 5.54. The number of carbonyl (C=O) groups excluding carboxylic acids is 1. The first-order chi connectivity index (χ1) is 8.24. The van der Waals surface area contributed by atoms with Crippen molar-refractivity contribution in [1.29, 1.82) is 0 Å². The fraction of sp³-hybridized carbons (Fsp3) is 0.923. The van der Waals surface area contributed by atoms with E-state index in [4.69, 9.17) is 14.2 Å². The lowest BCUT2D eigenvalue weighted by molar-refractivity contribution is -0.145. The molecule has 0 amide bonds. The molecule has 0 saturated carbocycles. The minimum Gasteiger partial charge on any atom is -0.463 e. The summed E-state index contributed by atoms with van der Waals surface area (Å²) in [6.07, 6.45) is 4.64. The summed E-state index contributed by atoms with van der Waals surface area (Å²) in [4.78, 5) is 11.4. The molecule has 0 N–H and O–H groups in total. The summed E-state index contributed by atoms with van der Waals surface area (Å²) < 4.78 is 15.4. The van der Waals surface area contributed by atoms with Crippen LogP contribution < -0.4 is 0 Å². The van der Waals surface area contributed by atoms with Crippen molar-refractivity contribution in [3.05, 3.63) is 0 Å². The quantitative estimate of drug-likeness (QED) is 0.415. The Morgan fingerprint density at radius 1 is 1.18 bits per heavy atom. The van der Waals surface area contributed by atoms with Crippen molar-refractivity contribution in [2.45, 2.75) is 52.1 Å². The van der Waals surface area contributed by atoms with Crippen LogP contribution in [0, 0.1) is 0 Å². The van der Waals surface area contributed by atoms with E-state index in [0.717, 1.165) is 25.7 Å². The van der Waals surface area contributed by atoms with E-state index in [9.17, 15) is 4.79 Å². The van der Waals surface area contributed by atoms with Crippen LogP contribution in [0.25, 0.3) is 0 Å². The molecular weight excluding hydrogens is 220 g/mol. The van der Waals surface area contributed by atoms with Crippen LogP contribution in [-0.4, -0.2) is 39.0 Å². The SMILES string of the molecule is CCCCC(CCC(=O)OCCOCC)OC. The summed E-state index contributed by atoms with van der Waals surface area (Å²) in [6, 6.07) is 0. The van der Waals surface area contributed by atoms with Gasteiger partial charge in [-0.2, -0.15) is 0 Å². The lowest BCUT2D eigenvalue weighted by Crippen LogP contribution is -2.15. The molecule has 0 aromatic rings. The van der Waals surface area contributed by atoms with Gasteiger partial charge in [0.25, 0.3) is 0 Å². The Labute approximate surface area is 105 Å². The van der Waals surface area contributed by atoms with Gasteiger partial charge in [0.05, 0.1) is 12.7 Å². The molecule has 0 rings (SSSR count). The standard InChI is InChI=1S/C13H26O4/c1-4-6-7-12(15-3)8-9-13(14)17-11-10-16-5-2/h12H,4-11H2,1-3H3. The van der Waals surface area contributed by atoms with Gasteiger partial charge in [-0.15, -0.1) is 0 Å². The lowest BCUT2D eigenvalue weighted by Gasteiger charge is -2.14. The molecule has 0 bridgehead atoms. The van der Waals surface area contributed by atoms with Crippen molar-refractivity contribution >= 4 is 5.97 Å². The maximum atomic E-state index is 11.4. The first-order valence-corrected chi connectivity index (χ1v) is 6.50. The molecule has 0 radical (unpaired) electrons. The van der Waals surface area contributed by atoms with E-state index in [2.05, 4.69) is 6.92 Å². The molecule has 0 aliphatic carbocycles. The topological polar surface area (TPSA) is 44.8 Å². The van der Waals surface area contributed by atoms with Gasteiger partial charge in [0, 0.05) is 20.1 Å². The number of rotatable bonds is 11.